The van der Waals surface area contributed by atoms with Gasteiger partial charge in [0.2, 0.25) is 0 Å². The van der Waals surface area contributed by atoms with Crippen molar-refractivity contribution in [2.45, 2.75) is 18.8 Å². The van der Waals surface area contributed by atoms with Crippen LogP contribution in [0.1, 0.15) is 45.0 Å². The number of carbonyl (C=O) groups is 2. The van der Waals surface area contributed by atoms with Crippen LogP contribution in [0.4, 0.5) is 5.69 Å². The number of amides is 1. The predicted octanol–water partition coefficient (Wildman–Crippen LogP) is 2.04. The van der Waals surface area contributed by atoms with E-state index >= 15 is 0 Å². The van der Waals surface area contributed by atoms with Gasteiger partial charge in [0.1, 0.15) is 0 Å². The van der Waals surface area contributed by atoms with Crippen LogP contribution in [-0.4, -0.2) is 50.1 Å². The van der Waals surface area contributed by atoms with Crippen molar-refractivity contribution in [1.82, 2.24) is 15.1 Å². The van der Waals surface area contributed by atoms with Gasteiger partial charge < -0.3 is 10.0 Å². The predicted molar refractivity (Wildman–Crippen MR) is 86.5 cm³/mol. The number of H-pyrrole nitrogens is 1. The summed E-state index contributed by atoms with van der Waals surface area (Å²) in [5.41, 5.74) is 0.436. The molecule has 1 aliphatic rings. The summed E-state index contributed by atoms with van der Waals surface area (Å²) >= 11 is 0. The van der Waals surface area contributed by atoms with Crippen molar-refractivity contribution in [3.05, 3.63) is 57.4 Å². The van der Waals surface area contributed by atoms with Crippen LogP contribution in [0.15, 0.2) is 30.6 Å². The molecule has 0 unspecified atom stereocenters. The third-order valence-corrected chi connectivity index (χ3v) is 4.40. The summed E-state index contributed by atoms with van der Waals surface area (Å²) in [5.74, 6) is -1.39. The molecule has 9 nitrogen and oxygen atoms in total. The second-order valence-electron chi connectivity index (χ2n) is 5.93. The van der Waals surface area contributed by atoms with E-state index in [-0.39, 0.29) is 11.1 Å². The van der Waals surface area contributed by atoms with E-state index in [4.69, 9.17) is 5.11 Å². The first-order valence-corrected chi connectivity index (χ1v) is 7.76. The fraction of sp³-hybridized carbons (Fsp3) is 0.312. The average molecular weight is 344 g/mol. The Bertz CT molecular complexity index is 778. The standard InChI is InChI=1S/C16H16N4O5/c21-15(11-5-12(16(22)23)7-14(6-11)20(24)25)19-3-1-10(2-4-19)13-8-17-18-9-13/h5-10H,1-4H2,(H,17,18)(H,22,23). The molecule has 0 aliphatic carbocycles. The largest absolute Gasteiger partial charge is 0.478 e. The fourth-order valence-corrected chi connectivity index (χ4v) is 3.05. The van der Waals surface area contributed by atoms with Crippen LogP contribution in [0, 0.1) is 10.1 Å². The Labute approximate surface area is 142 Å². The molecular formula is C16H16N4O5. The number of nitrogens with one attached hydrogen (secondary N) is 1. The van der Waals surface area contributed by atoms with E-state index in [9.17, 15) is 19.7 Å². The van der Waals surface area contributed by atoms with Crippen LogP contribution < -0.4 is 0 Å². The Balaban J connectivity index is 1.77. The molecule has 1 aromatic carbocycles. The van der Waals surface area contributed by atoms with Gasteiger partial charge in [0, 0.05) is 37.0 Å². The molecule has 0 atom stereocenters. The van der Waals surface area contributed by atoms with Gasteiger partial charge in [-0.2, -0.15) is 5.10 Å². The maximum Gasteiger partial charge on any atom is 0.335 e. The lowest BCUT2D eigenvalue weighted by Gasteiger charge is -2.31. The lowest BCUT2D eigenvalue weighted by atomic mass is 9.91. The average Bonchev–Trinajstić information content (AvgIpc) is 3.15. The van der Waals surface area contributed by atoms with Crippen molar-refractivity contribution in [1.29, 1.82) is 0 Å². The van der Waals surface area contributed by atoms with Gasteiger partial charge in [0.15, 0.2) is 0 Å². The van der Waals surface area contributed by atoms with E-state index in [0.717, 1.165) is 30.5 Å². The first-order valence-electron chi connectivity index (χ1n) is 7.76. The zero-order valence-electron chi connectivity index (χ0n) is 13.2. The molecule has 0 saturated carbocycles. The Morgan fingerprint density at radius 3 is 2.48 bits per heavy atom. The SMILES string of the molecule is O=C(O)c1cc(C(=O)N2CCC(c3cn[nH]c3)CC2)cc([N+](=O)[O-])c1. The second kappa shape index (κ2) is 6.71. The number of hydrogen-bond donors (Lipinski definition) is 2. The van der Waals surface area contributed by atoms with Crippen LogP contribution in [0.25, 0.3) is 0 Å². The Kier molecular flexibility index (Phi) is 4.46. The van der Waals surface area contributed by atoms with Crippen LogP contribution in [-0.2, 0) is 0 Å². The van der Waals surface area contributed by atoms with Gasteiger partial charge in [-0.1, -0.05) is 0 Å². The van der Waals surface area contributed by atoms with Crippen LogP contribution in [0.2, 0.25) is 0 Å². The molecule has 25 heavy (non-hydrogen) atoms. The first-order chi connectivity index (χ1) is 12.0. The van der Waals surface area contributed by atoms with E-state index in [1.165, 1.54) is 6.07 Å². The molecular weight excluding hydrogens is 328 g/mol. The van der Waals surface area contributed by atoms with Crippen LogP contribution in [0.5, 0.6) is 0 Å². The number of likely N-dealkylation sites (tertiary alicyclic amines) is 1. The lowest BCUT2D eigenvalue weighted by Crippen LogP contribution is -2.38. The van der Waals surface area contributed by atoms with Gasteiger partial charge in [-0.3, -0.25) is 20.0 Å². The van der Waals surface area contributed by atoms with Gasteiger partial charge in [-0.05, 0) is 30.4 Å². The number of aromatic amines is 1. The number of carboxylic acid groups (broad SMARTS) is 1. The number of hydrogen-bond acceptors (Lipinski definition) is 5. The summed E-state index contributed by atoms with van der Waals surface area (Å²) in [6.45, 7) is 1.000. The summed E-state index contributed by atoms with van der Waals surface area (Å²) in [6.07, 6.45) is 5.11. The van der Waals surface area contributed by atoms with E-state index in [0.29, 0.717) is 19.0 Å². The van der Waals surface area contributed by atoms with E-state index < -0.39 is 22.5 Å². The summed E-state index contributed by atoms with van der Waals surface area (Å²) in [4.78, 5) is 35.7. The van der Waals surface area contributed by atoms with Gasteiger partial charge in [0.05, 0.1) is 16.7 Å². The molecule has 1 saturated heterocycles. The quantitative estimate of drug-likeness (QED) is 0.645. The van der Waals surface area contributed by atoms with Crippen LogP contribution in [0.3, 0.4) is 0 Å². The number of nitrogens with zero attached hydrogens (tertiary/aromatic N) is 3. The van der Waals surface area contributed by atoms with E-state index in [1.54, 1.807) is 11.1 Å². The molecule has 0 spiro atoms. The molecule has 130 valence electrons. The number of rotatable bonds is 4. The van der Waals surface area contributed by atoms with E-state index in [2.05, 4.69) is 10.2 Å². The molecule has 1 fully saturated rings. The Morgan fingerprint density at radius 2 is 1.92 bits per heavy atom. The Hall–Kier alpha value is -3.23. The van der Waals surface area contributed by atoms with Gasteiger partial charge in [-0.15, -0.1) is 0 Å². The van der Waals surface area contributed by atoms with Gasteiger partial charge >= 0.3 is 5.97 Å². The number of carbonyl (C=O) groups excluding carboxylic acids is 1. The summed E-state index contributed by atoms with van der Waals surface area (Å²) < 4.78 is 0. The molecule has 2 aromatic rings. The molecule has 9 heteroatoms. The maximum atomic E-state index is 12.6. The van der Waals surface area contributed by atoms with Crippen molar-refractivity contribution in [2.24, 2.45) is 0 Å². The molecule has 1 aliphatic heterocycles. The van der Waals surface area contributed by atoms with Gasteiger partial charge in [0.25, 0.3) is 11.6 Å². The normalized spacial score (nSPS) is 15.1. The van der Waals surface area contributed by atoms with Crippen molar-refractivity contribution in [3.63, 3.8) is 0 Å². The first kappa shape index (κ1) is 16.6. The minimum atomic E-state index is -1.31. The molecule has 0 radical (unpaired) electrons. The molecule has 3 rings (SSSR count). The Morgan fingerprint density at radius 1 is 1.24 bits per heavy atom. The smallest absolute Gasteiger partial charge is 0.335 e. The van der Waals surface area contributed by atoms with Crippen molar-refractivity contribution in [2.75, 3.05) is 13.1 Å². The van der Waals surface area contributed by atoms with Crippen molar-refractivity contribution < 1.29 is 19.6 Å². The third kappa shape index (κ3) is 3.49. The number of aromatic nitrogens is 2. The molecule has 1 amide bonds. The number of nitro groups is 1. The minimum absolute atomic E-state index is 0.0216. The highest BCUT2D eigenvalue weighted by Crippen LogP contribution is 2.28. The zero-order valence-corrected chi connectivity index (χ0v) is 13.2. The topological polar surface area (TPSA) is 129 Å². The maximum absolute atomic E-state index is 12.6. The van der Waals surface area contributed by atoms with Gasteiger partial charge in [-0.25, -0.2) is 4.79 Å². The highest BCUT2D eigenvalue weighted by molar-refractivity contribution is 5.98. The number of benzene rings is 1. The second-order valence-corrected chi connectivity index (χ2v) is 5.93. The number of carboxylic acids is 1. The highest BCUT2D eigenvalue weighted by Gasteiger charge is 2.26. The highest BCUT2D eigenvalue weighted by atomic mass is 16.6. The zero-order chi connectivity index (χ0) is 18.0. The summed E-state index contributed by atoms with van der Waals surface area (Å²) in [6, 6.07) is 3.25. The molecule has 2 heterocycles. The number of piperidine rings is 1. The molecule has 2 N–H and O–H groups in total. The van der Waals surface area contributed by atoms with Crippen LogP contribution >= 0.6 is 0 Å². The number of aromatic carboxylic acids is 1. The summed E-state index contributed by atoms with van der Waals surface area (Å²) in [7, 11) is 0. The van der Waals surface area contributed by atoms with E-state index in [1.807, 2.05) is 6.20 Å². The monoisotopic (exact) mass is 344 g/mol. The molecule has 0 bridgehead atoms. The van der Waals surface area contributed by atoms with Crippen molar-refractivity contribution in [3.8, 4) is 0 Å². The molecule has 1 aromatic heterocycles. The summed E-state index contributed by atoms with van der Waals surface area (Å²) in [5, 5.41) is 26.8. The lowest BCUT2D eigenvalue weighted by molar-refractivity contribution is -0.384. The fourth-order valence-electron chi connectivity index (χ4n) is 3.05. The number of non-ortho nitro benzene ring substituents is 1. The third-order valence-electron chi connectivity index (χ3n) is 4.40. The number of nitro benzene ring substituents is 1. The minimum Gasteiger partial charge on any atom is -0.478 e. The van der Waals surface area contributed by atoms with Crippen molar-refractivity contribution >= 4 is 17.6 Å².